The van der Waals surface area contributed by atoms with Gasteiger partial charge in [-0.1, -0.05) is 44.2 Å². The summed E-state index contributed by atoms with van der Waals surface area (Å²) in [6.07, 6.45) is 0.911. The number of carboxylic acid groups (broad SMARTS) is 1. The lowest BCUT2D eigenvalue weighted by molar-refractivity contribution is -0.138. The van der Waals surface area contributed by atoms with Crippen LogP contribution in [0, 0.1) is 12.8 Å². The third kappa shape index (κ3) is 5.60. The first-order valence-electron chi connectivity index (χ1n) is 10.5. The normalized spacial score (nSPS) is 13.1. The first-order chi connectivity index (χ1) is 14.7. The lowest BCUT2D eigenvalue weighted by Crippen LogP contribution is -2.38. The van der Waals surface area contributed by atoms with Crippen molar-refractivity contribution < 1.29 is 14.7 Å². The molecule has 0 fully saturated rings. The van der Waals surface area contributed by atoms with Gasteiger partial charge < -0.3 is 15.7 Å². The summed E-state index contributed by atoms with van der Waals surface area (Å²) in [4.78, 5) is 28.0. The number of fused-ring (bicyclic) bond motifs is 1. The van der Waals surface area contributed by atoms with E-state index < -0.39 is 17.9 Å². The van der Waals surface area contributed by atoms with Crippen molar-refractivity contribution in [1.82, 2.24) is 10.3 Å². The van der Waals surface area contributed by atoms with Gasteiger partial charge in [0.2, 0.25) is 0 Å². The molecule has 3 rings (SSSR count). The number of amides is 1. The molecular formula is C25H29N3O3. The second-order valence-corrected chi connectivity index (χ2v) is 8.30. The largest absolute Gasteiger partial charge is 0.480 e. The molecule has 1 heterocycles. The van der Waals surface area contributed by atoms with Crippen molar-refractivity contribution >= 4 is 28.5 Å². The van der Waals surface area contributed by atoms with Crippen LogP contribution in [-0.4, -0.2) is 28.0 Å². The summed E-state index contributed by atoms with van der Waals surface area (Å²) >= 11 is 0. The maximum absolute atomic E-state index is 12.3. The van der Waals surface area contributed by atoms with Crippen LogP contribution in [0.2, 0.25) is 0 Å². The number of carboxylic acids is 1. The molecule has 6 nitrogen and oxygen atoms in total. The van der Waals surface area contributed by atoms with Crippen molar-refractivity contribution in [1.29, 1.82) is 0 Å². The van der Waals surface area contributed by atoms with Crippen LogP contribution in [0.15, 0.2) is 54.6 Å². The molecule has 0 aliphatic heterocycles. The highest BCUT2D eigenvalue weighted by molar-refractivity contribution is 5.96. The second kappa shape index (κ2) is 9.60. The van der Waals surface area contributed by atoms with Gasteiger partial charge in [-0.3, -0.25) is 14.6 Å². The van der Waals surface area contributed by atoms with Crippen LogP contribution in [0.5, 0.6) is 0 Å². The molecule has 0 aliphatic carbocycles. The van der Waals surface area contributed by atoms with Gasteiger partial charge in [0.25, 0.3) is 5.91 Å². The third-order valence-electron chi connectivity index (χ3n) is 5.24. The van der Waals surface area contributed by atoms with Gasteiger partial charge in [0.1, 0.15) is 6.04 Å². The Labute approximate surface area is 182 Å². The summed E-state index contributed by atoms with van der Waals surface area (Å²) in [5, 5.41) is 16.2. The molecule has 0 radical (unpaired) electrons. The Kier molecular flexibility index (Phi) is 6.90. The van der Waals surface area contributed by atoms with Gasteiger partial charge >= 0.3 is 5.97 Å². The number of carbonyl (C=O) groups is 2. The molecule has 6 heteroatoms. The van der Waals surface area contributed by atoms with Crippen LogP contribution in [0.1, 0.15) is 54.8 Å². The minimum atomic E-state index is -1.06. The number of aryl methyl sites for hydroxylation is 1. The van der Waals surface area contributed by atoms with Crippen LogP contribution < -0.4 is 10.6 Å². The van der Waals surface area contributed by atoms with E-state index >= 15 is 0 Å². The lowest BCUT2D eigenvalue weighted by Gasteiger charge is -2.24. The predicted octanol–water partition coefficient (Wildman–Crippen LogP) is 4.95. The fourth-order valence-electron chi connectivity index (χ4n) is 3.50. The summed E-state index contributed by atoms with van der Waals surface area (Å²) in [5.74, 6) is -1.000. The number of carbonyl (C=O) groups excluding carboxylic acids is 1. The van der Waals surface area contributed by atoms with E-state index in [2.05, 4.69) is 36.6 Å². The number of benzene rings is 2. The summed E-state index contributed by atoms with van der Waals surface area (Å²) in [6.45, 7) is 7.79. The number of rotatable bonds is 8. The van der Waals surface area contributed by atoms with E-state index in [0.717, 1.165) is 34.3 Å². The van der Waals surface area contributed by atoms with Gasteiger partial charge in [0.05, 0.1) is 22.9 Å². The minimum Gasteiger partial charge on any atom is -0.480 e. The van der Waals surface area contributed by atoms with E-state index in [9.17, 15) is 9.59 Å². The van der Waals surface area contributed by atoms with E-state index in [-0.39, 0.29) is 6.04 Å². The van der Waals surface area contributed by atoms with Crippen molar-refractivity contribution in [3.8, 4) is 0 Å². The molecular weight excluding hydrogens is 390 g/mol. The van der Waals surface area contributed by atoms with Crippen LogP contribution in [-0.2, 0) is 4.79 Å². The van der Waals surface area contributed by atoms with Gasteiger partial charge in [-0.15, -0.1) is 0 Å². The zero-order chi connectivity index (χ0) is 22.5. The first kappa shape index (κ1) is 22.3. The molecule has 31 heavy (non-hydrogen) atoms. The number of pyridine rings is 1. The van der Waals surface area contributed by atoms with Crippen molar-refractivity contribution in [3.63, 3.8) is 0 Å². The Morgan fingerprint density at radius 1 is 1.03 bits per heavy atom. The fraction of sp³-hybridized carbons (Fsp3) is 0.320. The summed E-state index contributed by atoms with van der Waals surface area (Å²) in [5.41, 5.74) is 4.39. The molecule has 0 saturated carbocycles. The molecule has 3 N–H and O–H groups in total. The van der Waals surface area contributed by atoms with E-state index in [1.54, 1.807) is 12.1 Å². The Morgan fingerprint density at radius 3 is 2.35 bits per heavy atom. The zero-order valence-electron chi connectivity index (χ0n) is 18.3. The molecule has 2 unspecified atom stereocenters. The molecule has 3 aromatic rings. The Morgan fingerprint density at radius 2 is 1.71 bits per heavy atom. The van der Waals surface area contributed by atoms with Crippen LogP contribution in [0.3, 0.4) is 0 Å². The van der Waals surface area contributed by atoms with Crippen LogP contribution in [0.25, 0.3) is 10.9 Å². The molecule has 1 amide bonds. The Bertz CT molecular complexity index is 1080. The lowest BCUT2D eigenvalue weighted by atomic mass is 9.95. The number of para-hydroxylation sites is 1. The molecule has 2 atom stereocenters. The quantitative estimate of drug-likeness (QED) is 0.481. The maximum Gasteiger partial charge on any atom is 0.325 e. The number of aliphatic carboxylic acids is 1. The van der Waals surface area contributed by atoms with Gasteiger partial charge in [-0.05, 0) is 56.0 Å². The van der Waals surface area contributed by atoms with E-state index in [4.69, 9.17) is 10.1 Å². The smallest absolute Gasteiger partial charge is 0.325 e. The third-order valence-corrected chi connectivity index (χ3v) is 5.24. The number of hydrogen-bond acceptors (Lipinski definition) is 4. The molecule has 0 saturated heterocycles. The van der Waals surface area contributed by atoms with E-state index in [1.165, 1.54) is 6.92 Å². The van der Waals surface area contributed by atoms with Gasteiger partial charge in [-0.2, -0.15) is 0 Å². The first-order valence-corrected chi connectivity index (χ1v) is 10.5. The monoisotopic (exact) mass is 419 g/mol. The van der Waals surface area contributed by atoms with Gasteiger partial charge in [0, 0.05) is 10.9 Å². The van der Waals surface area contributed by atoms with Crippen LogP contribution >= 0.6 is 0 Å². The average Bonchev–Trinajstić information content (AvgIpc) is 2.73. The van der Waals surface area contributed by atoms with Gasteiger partial charge in [-0.25, -0.2) is 0 Å². The number of nitrogens with zero attached hydrogens (tertiary/aromatic N) is 1. The fourth-order valence-corrected chi connectivity index (χ4v) is 3.50. The maximum atomic E-state index is 12.3. The van der Waals surface area contributed by atoms with Crippen molar-refractivity contribution in [2.75, 3.05) is 5.32 Å². The SMILES string of the molecule is Cc1nc2ccccc2cc1NC(CC(C)C)c1ccc(C(=O)NC(C)C(=O)O)cc1. The Hall–Kier alpha value is -3.41. The van der Waals surface area contributed by atoms with E-state index in [1.807, 2.05) is 37.3 Å². The van der Waals surface area contributed by atoms with Crippen molar-refractivity contribution in [2.24, 2.45) is 5.92 Å². The minimum absolute atomic E-state index is 0.0525. The number of nitrogens with one attached hydrogen (secondary N) is 2. The number of anilines is 1. The summed E-state index contributed by atoms with van der Waals surface area (Å²) in [7, 11) is 0. The highest BCUT2D eigenvalue weighted by Gasteiger charge is 2.18. The molecule has 0 aliphatic rings. The molecule has 162 valence electrons. The van der Waals surface area contributed by atoms with Gasteiger partial charge in [0.15, 0.2) is 0 Å². The zero-order valence-corrected chi connectivity index (χ0v) is 18.3. The molecule has 0 spiro atoms. The molecule has 0 bridgehead atoms. The summed E-state index contributed by atoms with van der Waals surface area (Å²) in [6, 6.07) is 16.6. The Balaban J connectivity index is 1.83. The topological polar surface area (TPSA) is 91.3 Å². The van der Waals surface area contributed by atoms with Crippen molar-refractivity contribution in [2.45, 2.75) is 46.2 Å². The van der Waals surface area contributed by atoms with Crippen molar-refractivity contribution in [3.05, 3.63) is 71.4 Å². The average molecular weight is 420 g/mol. The predicted molar refractivity (Wildman–Crippen MR) is 123 cm³/mol. The van der Waals surface area contributed by atoms with Crippen LogP contribution in [0.4, 0.5) is 5.69 Å². The standard InChI is InChI=1S/C25H29N3O3/c1-15(2)13-23(28-22-14-20-7-5-6-8-21(20)26-16(22)3)18-9-11-19(12-10-18)24(29)27-17(4)25(30)31/h5-12,14-15,17,23,28H,13H2,1-4H3,(H,27,29)(H,30,31). The molecule has 1 aromatic heterocycles. The van der Waals surface area contributed by atoms with E-state index in [0.29, 0.717) is 11.5 Å². The highest BCUT2D eigenvalue weighted by atomic mass is 16.4. The summed E-state index contributed by atoms with van der Waals surface area (Å²) < 4.78 is 0. The number of hydrogen-bond donors (Lipinski definition) is 3. The molecule has 2 aromatic carbocycles. The number of aromatic nitrogens is 1. The highest BCUT2D eigenvalue weighted by Crippen LogP contribution is 2.29. The second-order valence-electron chi connectivity index (χ2n) is 8.30.